The number of halogens is 1. The van der Waals surface area contributed by atoms with Crippen LogP contribution in [0.5, 0.6) is 0 Å². The van der Waals surface area contributed by atoms with E-state index >= 15 is 0 Å². The number of nitrogens with one attached hydrogen (secondary N) is 2. The molecule has 0 saturated heterocycles. The monoisotopic (exact) mass is 280 g/mol. The number of amides is 2. The Morgan fingerprint density at radius 1 is 1.26 bits per heavy atom. The standard InChI is InChI=1S/C14H17ClN2O2/c1-3-12(17-13(18)4-2)14(19)16-9-10-5-7-11(15)8-6-10/h3,5-8H,4,9H2,1-2H3,(H,16,19)(H,17,18)/b12-3+. The maximum absolute atomic E-state index is 11.8. The van der Waals surface area contributed by atoms with Gasteiger partial charge in [0, 0.05) is 18.0 Å². The molecule has 2 N–H and O–H groups in total. The zero-order chi connectivity index (χ0) is 14.3. The molecule has 0 aliphatic carbocycles. The van der Waals surface area contributed by atoms with E-state index in [1.807, 2.05) is 12.1 Å². The molecule has 0 bridgehead atoms. The molecule has 2 amide bonds. The summed E-state index contributed by atoms with van der Waals surface area (Å²) >= 11 is 5.78. The highest BCUT2D eigenvalue weighted by Crippen LogP contribution is 2.09. The molecule has 4 nitrogen and oxygen atoms in total. The SMILES string of the molecule is C/C=C(/NC(=O)CC)C(=O)NCc1ccc(Cl)cc1. The van der Waals surface area contributed by atoms with E-state index in [4.69, 9.17) is 11.6 Å². The van der Waals surface area contributed by atoms with E-state index in [1.54, 1.807) is 32.1 Å². The number of allylic oxidation sites excluding steroid dienone is 1. The minimum absolute atomic E-state index is 0.185. The van der Waals surface area contributed by atoms with Crippen molar-refractivity contribution >= 4 is 23.4 Å². The molecule has 19 heavy (non-hydrogen) atoms. The van der Waals surface area contributed by atoms with E-state index < -0.39 is 0 Å². The molecule has 0 atom stereocenters. The topological polar surface area (TPSA) is 58.2 Å². The molecule has 1 rings (SSSR count). The van der Waals surface area contributed by atoms with E-state index in [2.05, 4.69) is 10.6 Å². The maximum Gasteiger partial charge on any atom is 0.267 e. The maximum atomic E-state index is 11.8. The Bertz CT molecular complexity index is 481. The summed E-state index contributed by atoms with van der Waals surface area (Å²) in [7, 11) is 0. The van der Waals surface area contributed by atoms with Gasteiger partial charge in [0.2, 0.25) is 5.91 Å². The largest absolute Gasteiger partial charge is 0.347 e. The fraction of sp³-hybridized carbons (Fsp3) is 0.286. The van der Waals surface area contributed by atoms with Crippen molar-refractivity contribution in [3.8, 4) is 0 Å². The molecule has 5 heteroatoms. The van der Waals surface area contributed by atoms with Crippen molar-refractivity contribution in [1.29, 1.82) is 0 Å². The molecule has 0 aromatic heterocycles. The average Bonchev–Trinajstić information content (AvgIpc) is 2.43. The van der Waals surface area contributed by atoms with Crippen LogP contribution in [-0.4, -0.2) is 11.8 Å². The fourth-order valence-corrected chi connectivity index (χ4v) is 1.50. The number of hydrogen-bond donors (Lipinski definition) is 2. The Morgan fingerprint density at radius 3 is 2.42 bits per heavy atom. The van der Waals surface area contributed by atoms with E-state index in [9.17, 15) is 9.59 Å². The summed E-state index contributed by atoms with van der Waals surface area (Å²) in [6, 6.07) is 7.20. The molecule has 0 aliphatic heterocycles. The Morgan fingerprint density at radius 2 is 1.89 bits per heavy atom. The van der Waals surface area contributed by atoms with Crippen molar-refractivity contribution in [2.75, 3.05) is 0 Å². The number of rotatable bonds is 5. The van der Waals surface area contributed by atoms with Gasteiger partial charge in [-0.2, -0.15) is 0 Å². The van der Waals surface area contributed by atoms with Crippen LogP contribution >= 0.6 is 11.6 Å². The van der Waals surface area contributed by atoms with Crippen molar-refractivity contribution < 1.29 is 9.59 Å². The van der Waals surface area contributed by atoms with Crippen LogP contribution in [-0.2, 0) is 16.1 Å². The first-order valence-electron chi connectivity index (χ1n) is 6.05. The van der Waals surface area contributed by atoms with E-state index in [1.165, 1.54) is 0 Å². The first-order valence-corrected chi connectivity index (χ1v) is 6.43. The zero-order valence-corrected chi connectivity index (χ0v) is 11.8. The first kappa shape index (κ1) is 15.2. The van der Waals surface area contributed by atoms with Gasteiger partial charge in [-0.15, -0.1) is 0 Å². The Balaban J connectivity index is 2.54. The van der Waals surface area contributed by atoms with Crippen molar-refractivity contribution in [3.63, 3.8) is 0 Å². The third-order valence-electron chi connectivity index (χ3n) is 2.49. The van der Waals surface area contributed by atoms with E-state index in [-0.39, 0.29) is 17.5 Å². The summed E-state index contributed by atoms with van der Waals surface area (Å²) in [6.07, 6.45) is 1.91. The van der Waals surface area contributed by atoms with Crippen LogP contribution in [0.25, 0.3) is 0 Å². The Labute approximate surface area is 117 Å². The normalized spacial score (nSPS) is 11.0. The van der Waals surface area contributed by atoms with Crippen LogP contribution in [0.15, 0.2) is 36.0 Å². The Kier molecular flexibility index (Phi) is 6.09. The van der Waals surface area contributed by atoms with Gasteiger partial charge in [0.15, 0.2) is 0 Å². The summed E-state index contributed by atoms with van der Waals surface area (Å²) in [4.78, 5) is 23.1. The van der Waals surface area contributed by atoms with E-state index in [0.717, 1.165) is 5.56 Å². The summed E-state index contributed by atoms with van der Waals surface area (Å²) in [5, 5.41) is 5.94. The second kappa shape index (κ2) is 7.59. The van der Waals surface area contributed by atoms with Gasteiger partial charge in [-0.05, 0) is 24.6 Å². The molecule has 1 aromatic rings. The van der Waals surface area contributed by atoms with E-state index in [0.29, 0.717) is 18.0 Å². The molecule has 0 radical (unpaired) electrons. The lowest BCUT2D eigenvalue weighted by Crippen LogP contribution is -2.34. The lowest BCUT2D eigenvalue weighted by molar-refractivity contribution is -0.123. The summed E-state index contributed by atoms with van der Waals surface area (Å²) in [6.45, 7) is 3.82. The Hall–Kier alpha value is -1.81. The number of carbonyl (C=O) groups is 2. The van der Waals surface area contributed by atoms with Crippen molar-refractivity contribution in [1.82, 2.24) is 10.6 Å². The number of benzene rings is 1. The molecule has 0 aliphatic rings. The van der Waals surface area contributed by atoms with Gasteiger partial charge < -0.3 is 10.6 Å². The summed E-state index contributed by atoms with van der Waals surface area (Å²) < 4.78 is 0. The van der Waals surface area contributed by atoms with Gasteiger partial charge in [-0.1, -0.05) is 36.7 Å². The van der Waals surface area contributed by atoms with Crippen molar-refractivity contribution in [2.24, 2.45) is 0 Å². The second-order valence-electron chi connectivity index (χ2n) is 3.91. The fourth-order valence-electron chi connectivity index (χ4n) is 1.38. The van der Waals surface area contributed by atoms with Crippen LogP contribution in [0.3, 0.4) is 0 Å². The predicted octanol–water partition coefficient (Wildman–Crippen LogP) is 2.39. The van der Waals surface area contributed by atoms with Crippen molar-refractivity contribution in [2.45, 2.75) is 26.8 Å². The third kappa shape index (κ3) is 5.14. The predicted molar refractivity (Wildman–Crippen MR) is 75.5 cm³/mol. The van der Waals surface area contributed by atoms with Gasteiger partial charge in [0.05, 0.1) is 0 Å². The number of hydrogen-bond acceptors (Lipinski definition) is 2. The molecule has 0 unspecified atom stereocenters. The number of carbonyl (C=O) groups excluding carboxylic acids is 2. The lowest BCUT2D eigenvalue weighted by Gasteiger charge is -2.09. The van der Waals surface area contributed by atoms with Crippen LogP contribution in [0.4, 0.5) is 0 Å². The van der Waals surface area contributed by atoms with Crippen molar-refractivity contribution in [3.05, 3.63) is 46.6 Å². The van der Waals surface area contributed by atoms with Crippen LogP contribution in [0.1, 0.15) is 25.8 Å². The molecule has 102 valence electrons. The molecule has 1 aromatic carbocycles. The summed E-state index contributed by atoms with van der Waals surface area (Å²) in [5.74, 6) is -0.492. The highest BCUT2D eigenvalue weighted by molar-refractivity contribution is 6.30. The van der Waals surface area contributed by atoms with Crippen LogP contribution in [0, 0.1) is 0 Å². The lowest BCUT2D eigenvalue weighted by atomic mass is 10.2. The van der Waals surface area contributed by atoms with Gasteiger partial charge in [-0.25, -0.2) is 0 Å². The minimum atomic E-state index is -0.306. The first-order chi connectivity index (χ1) is 9.06. The molecule has 0 saturated carbocycles. The van der Waals surface area contributed by atoms with Gasteiger partial charge in [0.25, 0.3) is 5.91 Å². The molecule has 0 heterocycles. The van der Waals surface area contributed by atoms with Gasteiger partial charge in [-0.3, -0.25) is 9.59 Å². The highest BCUT2D eigenvalue weighted by Gasteiger charge is 2.10. The molecule has 0 fully saturated rings. The quantitative estimate of drug-likeness (QED) is 0.814. The van der Waals surface area contributed by atoms with Gasteiger partial charge in [0.1, 0.15) is 5.70 Å². The molecular weight excluding hydrogens is 264 g/mol. The third-order valence-corrected chi connectivity index (χ3v) is 2.75. The van der Waals surface area contributed by atoms with Crippen LogP contribution in [0.2, 0.25) is 5.02 Å². The molecule has 0 spiro atoms. The van der Waals surface area contributed by atoms with Gasteiger partial charge >= 0.3 is 0 Å². The summed E-state index contributed by atoms with van der Waals surface area (Å²) in [5.41, 5.74) is 1.20. The minimum Gasteiger partial charge on any atom is -0.347 e. The van der Waals surface area contributed by atoms with Crippen LogP contribution < -0.4 is 10.6 Å². The highest BCUT2D eigenvalue weighted by atomic mass is 35.5. The average molecular weight is 281 g/mol. The smallest absolute Gasteiger partial charge is 0.267 e. The zero-order valence-electron chi connectivity index (χ0n) is 11.0. The second-order valence-corrected chi connectivity index (χ2v) is 4.35. The molecular formula is C14H17ClN2O2.